The lowest BCUT2D eigenvalue weighted by atomic mass is 10.1. The summed E-state index contributed by atoms with van der Waals surface area (Å²) >= 11 is 0. The van der Waals surface area contributed by atoms with Gasteiger partial charge in [-0.2, -0.15) is 0 Å². The minimum absolute atomic E-state index is 0.0423. The van der Waals surface area contributed by atoms with Crippen molar-refractivity contribution in [3.63, 3.8) is 0 Å². The van der Waals surface area contributed by atoms with Crippen molar-refractivity contribution in [1.29, 1.82) is 0 Å². The lowest BCUT2D eigenvalue weighted by Crippen LogP contribution is -1.94. The monoisotopic (exact) mass is 254 g/mol. The summed E-state index contributed by atoms with van der Waals surface area (Å²) in [6, 6.07) is 14.3. The highest BCUT2D eigenvalue weighted by atomic mass is 16.4. The standard InChI is InChI=1S/C16H14O3/c17-11-14-5-3-12(4-6-14)1-2-13-7-9-15(10-8-13)16(18)19/h1-10,17H,11H2,(H,18,19)/b2-1+. The van der Waals surface area contributed by atoms with Gasteiger partial charge in [-0.3, -0.25) is 0 Å². The fourth-order valence-corrected chi connectivity index (χ4v) is 1.66. The van der Waals surface area contributed by atoms with Gasteiger partial charge < -0.3 is 10.2 Å². The SMILES string of the molecule is O=C(O)c1ccc(/C=C/c2ccc(CO)cc2)cc1. The number of aromatic carboxylic acids is 1. The second kappa shape index (κ2) is 5.98. The van der Waals surface area contributed by atoms with E-state index < -0.39 is 5.97 Å². The molecule has 2 aromatic carbocycles. The lowest BCUT2D eigenvalue weighted by molar-refractivity contribution is 0.0697. The van der Waals surface area contributed by atoms with Crippen molar-refractivity contribution in [2.45, 2.75) is 6.61 Å². The third-order valence-electron chi connectivity index (χ3n) is 2.79. The molecule has 0 fully saturated rings. The van der Waals surface area contributed by atoms with Gasteiger partial charge in [0.15, 0.2) is 0 Å². The molecule has 0 aliphatic rings. The molecule has 0 heterocycles. The van der Waals surface area contributed by atoms with Crippen LogP contribution >= 0.6 is 0 Å². The first-order valence-corrected chi connectivity index (χ1v) is 5.90. The smallest absolute Gasteiger partial charge is 0.335 e. The Bertz CT molecular complexity index is 580. The quantitative estimate of drug-likeness (QED) is 0.824. The van der Waals surface area contributed by atoms with Crippen LogP contribution in [0.2, 0.25) is 0 Å². The lowest BCUT2D eigenvalue weighted by Gasteiger charge is -1.98. The van der Waals surface area contributed by atoms with E-state index in [1.54, 1.807) is 24.3 Å². The van der Waals surface area contributed by atoms with E-state index in [0.29, 0.717) is 0 Å². The zero-order valence-corrected chi connectivity index (χ0v) is 10.3. The molecule has 0 radical (unpaired) electrons. The molecule has 96 valence electrons. The number of benzene rings is 2. The average Bonchev–Trinajstić information content (AvgIpc) is 2.46. The summed E-state index contributed by atoms with van der Waals surface area (Å²) in [7, 11) is 0. The Kier molecular flexibility index (Phi) is 4.11. The third-order valence-corrected chi connectivity index (χ3v) is 2.79. The zero-order valence-electron chi connectivity index (χ0n) is 10.3. The van der Waals surface area contributed by atoms with Gasteiger partial charge in [0.25, 0.3) is 0 Å². The van der Waals surface area contributed by atoms with Crippen LogP contribution in [-0.4, -0.2) is 16.2 Å². The molecule has 0 spiro atoms. The predicted molar refractivity (Wildman–Crippen MR) is 74.7 cm³/mol. The van der Waals surface area contributed by atoms with Gasteiger partial charge in [-0.05, 0) is 28.8 Å². The van der Waals surface area contributed by atoms with Gasteiger partial charge in [-0.1, -0.05) is 48.6 Å². The molecular weight excluding hydrogens is 240 g/mol. The highest BCUT2D eigenvalue weighted by Gasteiger charge is 1.99. The zero-order chi connectivity index (χ0) is 13.7. The van der Waals surface area contributed by atoms with Crippen molar-refractivity contribution in [2.24, 2.45) is 0 Å². The summed E-state index contributed by atoms with van der Waals surface area (Å²) in [6.07, 6.45) is 3.86. The third kappa shape index (κ3) is 3.53. The van der Waals surface area contributed by atoms with E-state index in [0.717, 1.165) is 16.7 Å². The van der Waals surface area contributed by atoms with E-state index in [1.165, 1.54) is 0 Å². The first-order chi connectivity index (χ1) is 9.19. The van der Waals surface area contributed by atoms with E-state index in [9.17, 15) is 4.79 Å². The largest absolute Gasteiger partial charge is 0.478 e. The molecule has 3 nitrogen and oxygen atoms in total. The molecule has 0 bridgehead atoms. The molecule has 0 saturated carbocycles. The maximum absolute atomic E-state index is 10.7. The van der Waals surface area contributed by atoms with E-state index in [2.05, 4.69) is 0 Å². The molecule has 2 aromatic rings. The molecule has 0 saturated heterocycles. The fourth-order valence-electron chi connectivity index (χ4n) is 1.66. The molecule has 2 N–H and O–H groups in total. The van der Waals surface area contributed by atoms with Gasteiger partial charge >= 0.3 is 5.97 Å². The maximum atomic E-state index is 10.7. The number of aliphatic hydroxyl groups excluding tert-OH is 1. The molecule has 3 heteroatoms. The van der Waals surface area contributed by atoms with Crippen LogP contribution in [0.3, 0.4) is 0 Å². The first kappa shape index (κ1) is 13.1. The summed E-state index contributed by atoms with van der Waals surface area (Å²) in [5, 5.41) is 17.7. The normalized spacial score (nSPS) is 10.8. The predicted octanol–water partition coefficient (Wildman–Crippen LogP) is 3.05. The average molecular weight is 254 g/mol. The maximum Gasteiger partial charge on any atom is 0.335 e. The number of aliphatic hydroxyl groups is 1. The molecule has 0 unspecified atom stereocenters. The summed E-state index contributed by atoms with van der Waals surface area (Å²) in [6.45, 7) is 0.0423. The highest BCUT2D eigenvalue weighted by molar-refractivity contribution is 5.88. The molecular formula is C16H14O3. The Morgan fingerprint density at radius 1 is 0.895 bits per heavy atom. The number of rotatable bonds is 4. The van der Waals surface area contributed by atoms with Crippen molar-refractivity contribution < 1.29 is 15.0 Å². The highest BCUT2D eigenvalue weighted by Crippen LogP contribution is 2.11. The minimum atomic E-state index is -0.921. The van der Waals surface area contributed by atoms with Gasteiger partial charge in [0.2, 0.25) is 0 Å². The Hall–Kier alpha value is -2.39. The van der Waals surface area contributed by atoms with Crippen molar-refractivity contribution >= 4 is 18.1 Å². The molecule has 2 rings (SSSR count). The molecule has 0 amide bonds. The van der Waals surface area contributed by atoms with Gasteiger partial charge in [-0.25, -0.2) is 4.79 Å². The Morgan fingerprint density at radius 3 is 1.79 bits per heavy atom. The number of carboxylic acids is 1. The minimum Gasteiger partial charge on any atom is -0.478 e. The number of carboxylic acid groups (broad SMARTS) is 1. The fraction of sp³-hybridized carbons (Fsp3) is 0.0625. The van der Waals surface area contributed by atoms with Crippen LogP contribution in [0.5, 0.6) is 0 Å². The number of carbonyl (C=O) groups is 1. The van der Waals surface area contributed by atoms with E-state index in [1.807, 2.05) is 36.4 Å². The summed E-state index contributed by atoms with van der Waals surface area (Å²) in [4.78, 5) is 10.7. The molecule has 19 heavy (non-hydrogen) atoms. The number of hydrogen-bond acceptors (Lipinski definition) is 2. The van der Waals surface area contributed by atoms with Gasteiger partial charge in [-0.15, -0.1) is 0 Å². The van der Waals surface area contributed by atoms with Gasteiger partial charge in [0.1, 0.15) is 0 Å². The van der Waals surface area contributed by atoms with Crippen molar-refractivity contribution in [2.75, 3.05) is 0 Å². The second-order valence-corrected chi connectivity index (χ2v) is 4.16. The van der Waals surface area contributed by atoms with Crippen molar-refractivity contribution in [3.05, 3.63) is 70.8 Å². The van der Waals surface area contributed by atoms with Crippen molar-refractivity contribution in [3.8, 4) is 0 Å². The van der Waals surface area contributed by atoms with Crippen LogP contribution in [0.25, 0.3) is 12.2 Å². The summed E-state index contributed by atoms with van der Waals surface area (Å²) in [5.74, 6) is -0.921. The van der Waals surface area contributed by atoms with Gasteiger partial charge in [0.05, 0.1) is 12.2 Å². The molecule has 0 aromatic heterocycles. The van der Waals surface area contributed by atoms with E-state index in [-0.39, 0.29) is 12.2 Å². The number of hydrogen-bond donors (Lipinski definition) is 2. The van der Waals surface area contributed by atoms with Crippen LogP contribution < -0.4 is 0 Å². The Labute approximate surface area is 111 Å². The van der Waals surface area contributed by atoms with Crippen LogP contribution in [0.1, 0.15) is 27.0 Å². The van der Waals surface area contributed by atoms with Gasteiger partial charge in [0, 0.05) is 0 Å². The first-order valence-electron chi connectivity index (χ1n) is 5.90. The Balaban J connectivity index is 2.10. The summed E-state index contributed by atoms with van der Waals surface area (Å²) < 4.78 is 0. The summed E-state index contributed by atoms with van der Waals surface area (Å²) in [5.41, 5.74) is 3.13. The van der Waals surface area contributed by atoms with Crippen LogP contribution in [0.15, 0.2) is 48.5 Å². The molecule has 0 aliphatic heterocycles. The van der Waals surface area contributed by atoms with Crippen LogP contribution in [0.4, 0.5) is 0 Å². The topological polar surface area (TPSA) is 57.5 Å². The molecule has 0 atom stereocenters. The van der Waals surface area contributed by atoms with E-state index in [4.69, 9.17) is 10.2 Å². The Morgan fingerprint density at radius 2 is 1.37 bits per heavy atom. The van der Waals surface area contributed by atoms with Crippen LogP contribution in [0, 0.1) is 0 Å². The van der Waals surface area contributed by atoms with E-state index >= 15 is 0 Å². The second-order valence-electron chi connectivity index (χ2n) is 4.16. The van der Waals surface area contributed by atoms with Crippen LogP contribution in [-0.2, 0) is 6.61 Å². The van der Waals surface area contributed by atoms with Crippen molar-refractivity contribution in [1.82, 2.24) is 0 Å². The molecule has 0 aliphatic carbocycles.